The lowest BCUT2D eigenvalue weighted by Gasteiger charge is -2.06. The quantitative estimate of drug-likeness (QED) is 0.822. The summed E-state index contributed by atoms with van der Waals surface area (Å²) in [6.45, 7) is 0. The molecule has 2 N–H and O–H groups in total. The summed E-state index contributed by atoms with van der Waals surface area (Å²) in [7, 11) is 0. The highest BCUT2D eigenvalue weighted by molar-refractivity contribution is 6.30. The molecule has 1 aromatic heterocycles. The van der Waals surface area contributed by atoms with Crippen LogP contribution in [0, 0.1) is 5.82 Å². The third kappa shape index (κ3) is 2.75. The average molecular weight is 267 g/mol. The fraction of sp³-hybridized carbons (Fsp3) is 0. The molecule has 2 rings (SSSR count). The first-order chi connectivity index (χ1) is 8.56. The SMILES string of the molecule is O=C(Nc1ccc(O)cc1F)c1cc(Cl)ccn1. The molecular weight excluding hydrogens is 259 g/mol. The number of phenols is 1. The van der Waals surface area contributed by atoms with E-state index in [1.807, 2.05) is 0 Å². The Morgan fingerprint density at radius 3 is 2.78 bits per heavy atom. The van der Waals surface area contributed by atoms with Gasteiger partial charge in [-0.1, -0.05) is 11.6 Å². The number of aromatic hydroxyl groups is 1. The fourth-order valence-corrected chi connectivity index (χ4v) is 1.48. The molecule has 1 aromatic carbocycles. The third-order valence-corrected chi connectivity index (χ3v) is 2.39. The van der Waals surface area contributed by atoms with Crippen molar-refractivity contribution in [2.75, 3.05) is 5.32 Å². The van der Waals surface area contributed by atoms with Crippen molar-refractivity contribution in [3.05, 3.63) is 53.1 Å². The van der Waals surface area contributed by atoms with Crippen LogP contribution in [0.15, 0.2) is 36.5 Å². The standard InChI is InChI=1S/C12H8ClFN2O2/c13-7-3-4-15-11(5-7)12(18)16-10-2-1-8(17)6-9(10)14/h1-6,17H,(H,16,18). The number of amides is 1. The van der Waals surface area contributed by atoms with Crippen LogP contribution in [0.25, 0.3) is 0 Å². The van der Waals surface area contributed by atoms with Crippen LogP contribution in [0.1, 0.15) is 10.5 Å². The number of hydrogen-bond acceptors (Lipinski definition) is 3. The van der Waals surface area contributed by atoms with Crippen LogP contribution in [0.4, 0.5) is 10.1 Å². The summed E-state index contributed by atoms with van der Waals surface area (Å²) < 4.78 is 13.4. The average Bonchev–Trinajstić information content (AvgIpc) is 2.32. The lowest BCUT2D eigenvalue weighted by molar-refractivity contribution is 0.102. The lowest BCUT2D eigenvalue weighted by Crippen LogP contribution is -2.14. The minimum absolute atomic E-state index is 0.0421. The second-order valence-corrected chi connectivity index (χ2v) is 3.91. The van der Waals surface area contributed by atoms with Crippen molar-refractivity contribution in [3.63, 3.8) is 0 Å². The van der Waals surface area contributed by atoms with Gasteiger partial charge >= 0.3 is 0 Å². The monoisotopic (exact) mass is 266 g/mol. The Morgan fingerprint density at radius 1 is 1.33 bits per heavy atom. The van der Waals surface area contributed by atoms with E-state index in [4.69, 9.17) is 16.7 Å². The minimum atomic E-state index is -0.731. The van der Waals surface area contributed by atoms with Gasteiger partial charge in [-0.3, -0.25) is 9.78 Å². The summed E-state index contributed by atoms with van der Waals surface area (Å²) >= 11 is 5.72. The van der Waals surface area contributed by atoms with Gasteiger partial charge in [-0.15, -0.1) is 0 Å². The molecule has 0 aliphatic rings. The zero-order valence-corrected chi connectivity index (χ0v) is 9.78. The van der Waals surface area contributed by atoms with Gasteiger partial charge < -0.3 is 10.4 Å². The number of benzene rings is 1. The summed E-state index contributed by atoms with van der Waals surface area (Å²) in [6.07, 6.45) is 1.38. The van der Waals surface area contributed by atoms with E-state index in [1.165, 1.54) is 30.5 Å². The third-order valence-electron chi connectivity index (χ3n) is 2.16. The Kier molecular flexibility index (Phi) is 3.43. The summed E-state index contributed by atoms with van der Waals surface area (Å²) in [5.74, 6) is -1.53. The number of halogens is 2. The van der Waals surface area contributed by atoms with Crippen LogP contribution < -0.4 is 5.32 Å². The number of aromatic nitrogens is 1. The number of carbonyl (C=O) groups excluding carboxylic acids is 1. The van der Waals surface area contributed by atoms with E-state index in [-0.39, 0.29) is 17.1 Å². The summed E-state index contributed by atoms with van der Waals surface area (Å²) in [4.78, 5) is 15.6. The number of pyridine rings is 1. The molecule has 0 bridgehead atoms. The summed E-state index contributed by atoms with van der Waals surface area (Å²) in [5, 5.41) is 11.7. The molecule has 0 atom stereocenters. The van der Waals surface area contributed by atoms with Gasteiger partial charge in [0.2, 0.25) is 0 Å². The fourth-order valence-electron chi connectivity index (χ4n) is 1.32. The van der Waals surface area contributed by atoms with Crippen LogP contribution in [0.3, 0.4) is 0 Å². The molecule has 0 saturated carbocycles. The predicted octanol–water partition coefficient (Wildman–Crippen LogP) is 2.83. The Hall–Kier alpha value is -2.14. The van der Waals surface area contributed by atoms with E-state index >= 15 is 0 Å². The van der Waals surface area contributed by atoms with Gasteiger partial charge in [-0.05, 0) is 24.3 Å². The van der Waals surface area contributed by atoms with Crippen LogP contribution >= 0.6 is 11.6 Å². The smallest absolute Gasteiger partial charge is 0.274 e. The van der Waals surface area contributed by atoms with E-state index in [9.17, 15) is 9.18 Å². The van der Waals surface area contributed by atoms with Gasteiger partial charge in [-0.2, -0.15) is 0 Å². The molecule has 1 heterocycles. The molecule has 0 unspecified atom stereocenters. The second-order valence-electron chi connectivity index (χ2n) is 3.48. The van der Waals surface area contributed by atoms with Crippen LogP contribution in [-0.4, -0.2) is 16.0 Å². The van der Waals surface area contributed by atoms with Gasteiger partial charge in [0.25, 0.3) is 5.91 Å². The molecule has 0 spiro atoms. The Balaban J connectivity index is 2.21. The number of nitrogens with one attached hydrogen (secondary N) is 1. The van der Waals surface area contributed by atoms with E-state index in [0.29, 0.717) is 5.02 Å². The number of hydrogen-bond donors (Lipinski definition) is 2. The highest BCUT2D eigenvalue weighted by atomic mass is 35.5. The Bertz CT molecular complexity index is 604. The van der Waals surface area contributed by atoms with E-state index < -0.39 is 11.7 Å². The zero-order chi connectivity index (χ0) is 13.1. The van der Waals surface area contributed by atoms with E-state index in [1.54, 1.807) is 0 Å². The van der Waals surface area contributed by atoms with Gasteiger partial charge in [-0.25, -0.2) is 4.39 Å². The van der Waals surface area contributed by atoms with Gasteiger partial charge in [0.15, 0.2) is 0 Å². The van der Waals surface area contributed by atoms with E-state index in [2.05, 4.69) is 10.3 Å². The number of phenolic OH excluding ortho intramolecular Hbond substituents is 1. The minimum Gasteiger partial charge on any atom is -0.508 e. The first-order valence-electron chi connectivity index (χ1n) is 4.97. The van der Waals surface area contributed by atoms with Crippen molar-refractivity contribution in [1.82, 2.24) is 4.98 Å². The topological polar surface area (TPSA) is 62.2 Å². The molecule has 1 amide bonds. The van der Waals surface area contributed by atoms with Crippen molar-refractivity contribution >= 4 is 23.2 Å². The molecule has 2 aromatic rings. The largest absolute Gasteiger partial charge is 0.508 e. The first kappa shape index (κ1) is 12.3. The maximum atomic E-state index is 13.4. The van der Waals surface area contributed by atoms with Crippen LogP contribution in [0.5, 0.6) is 5.75 Å². The molecule has 0 aliphatic carbocycles. The van der Waals surface area contributed by atoms with E-state index in [0.717, 1.165) is 6.07 Å². The molecule has 18 heavy (non-hydrogen) atoms. The van der Waals surface area contributed by atoms with Crippen LogP contribution in [-0.2, 0) is 0 Å². The van der Waals surface area contributed by atoms with Gasteiger partial charge in [0, 0.05) is 17.3 Å². The predicted molar refractivity (Wildman–Crippen MR) is 65.3 cm³/mol. The summed E-state index contributed by atoms with van der Waals surface area (Å²) in [6, 6.07) is 6.33. The Labute approximate surface area is 107 Å². The maximum Gasteiger partial charge on any atom is 0.274 e. The second kappa shape index (κ2) is 5.01. The van der Waals surface area contributed by atoms with Crippen molar-refractivity contribution in [3.8, 4) is 5.75 Å². The molecule has 0 fully saturated rings. The number of carbonyl (C=O) groups is 1. The molecular formula is C12H8ClFN2O2. The normalized spacial score (nSPS) is 10.1. The molecule has 0 aliphatic heterocycles. The molecule has 92 valence electrons. The van der Waals surface area contributed by atoms with Crippen molar-refractivity contribution in [1.29, 1.82) is 0 Å². The lowest BCUT2D eigenvalue weighted by atomic mass is 10.2. The number of rotatable bonds is 2. The van der Waals surface area contributed by atoms with Crippen molar-refractivity contribution in [2.24, 2.45) is 0 Å². The molecule has 6 heteroatoms. The highest BCUT2D eigenvalue weighted by Crippen LogP contribution is 2.20. The zero-order valence-electron chi connectivity index (χ0n) is 9.02. The molecule has 4 nitrogen and oxygen atoms in total. The summed E-state index contributed by atoms with van der Waals surface area (Å²) in [5.41, 5.74) is 0.0366. The van der Waals surface area contributed by atoms with Crippen LogP contribution in [0.2, 0.25) is 5.02 Å². The highest BCUT2D eigenvalue weighted by Gasteiger charge is 2.11. The Morgan fingerprint density at radius 2 is 2.11 bits per heavy atom. The molecule has 0 saturated heterocycles. The van der Waals surface area contributed by atoms with Gasteiger partial charge in [0.1, 0.15) is 17.3 Å². The van der Waals surface area contributed by atoms with Gasteiger partial charge in [0.05, 0.1) is 5.69 Å². The van der Waals surface area contributed by atoms with Crippen molar-refractivity contribution < 1.29 is 14.3 Å². The number of anilines is 1. The first-order valence-corrected chi connectivity index (χ1v) is 5.35. The maximum absolute atomic E-state index is 13.4. The number of nitrogens with zero attached hydrogens (tertiary/aromatic N) is 1. The molecule has 0 radical (unpaired) electrons. The van der Waals surface area contributed by atoms with Crippen molar-refractivity contribution in [2.45, 2.75) is 0 Å².